The fourth-order valence-corrected chi connectivity index (χ4v) is 4.16. The topological polar surface area (TPSA) is 52.3 Å². The second-order valence-corrected chi connectivity index (χ2v) is 9.94. The first-order chi connectivity index (χ1) is 16.7. The molecule has 34 heavy (non-hydrogen) atoms. The number of esters is 1. The lowest BCUT2D eigenvalue weighted by Crippen LogP contribution is -2.01. The van der Waals surface area contributed by atoms with Crippen molar-refractivity contribution in [2.24, 2.45) is 5.73 Å². The molecule has 0 aliphatic heterocycles. The number of unbranched alkanes of at least 4 members (excludes halogenated alkanes) is 22. The van der Waals surface area contributed by atoms with Gasteiger partial charge in [0.25, 0.3) is 0 Å². The molecule has 0 radical (unpaired) electrons. The average Bonchev–Trinajstić information content (AvgIpc) is 2.85. The van der Waals surface area contributed by atoms with Crippen molar-refractivity contribution >= 4 is 5.97 Å². The lowest BCUT2D eigenvalue weighted by atomic mass is 10.1. The van der Waals surface area contributed by atoms with Gasteiger partial charge in [0.1, 0.15) is 0 Å². The molecule has 0 rings (SSSR count). The maximum atomic E-state index is 10.8. The molecule has 0 aliphatic rings. The minimum absolute atomic E-state index is 0.303. The first-order valence-corrected chi connectivity index (χ1v) is 15.2. The summed E-state index contributed by atoms with van der Waals surface area (Å²) >= 11 is 0. The summed E-state index contributed by atoms with van der Waals surface area (Å²) in [6.07, 6.45) is 34.0. The van der Waals surface area contributed by atoms with Gasteiger partial charge in [-0.15, -0.1) is 0 Å². The molecule has 0 saturated heterocycles. The molecule has 0 heterocycles. The van der Waals surface area contributed by atoms with E-state index in [1.54, 1.807) is 0 Å². The Morgan fingerprint density at radius 3 is 1.15 bits per heavy atom. The van der Waals surface area contributed by atoms with Gasteiger partial charge < -0.3 is 10.5 Å². The third kappa shape index (κ3) is 35.8. The molecule has 0 atom stereocenters. The van der Waals surface area contributed by atoms with E-state index in [1.807, 2.05) is 0 Å². The van der Waals surface area contributed by atoms with E-state index in [4.69, 9.17) is 10.5 Å². The summed E-state index contributed by atoms with van der Waals surface area (Å²) in [7, 11) is 0. The van der Waals surface area contributed by atoms with Gasteiger partial charge in [-0.25, -0.2) is 4.79 Å². The van der Waals surface area contributed by atoms with Crippen LogP contribution in [0.2, 0.25) is 0 Å². The van der Waals surface area contributed by atoms with Gasteiger partial charge in [-0.1, -0.05) is 162 Å². The van der Waals surface area contributed by atoms with Crippen molar-refractivity contribution in [1.29, 1.82) is 0 Å². The third-order valence-electron chi connectivity index (χ3n) is 6.47. The SMILES string of the molecule is C=CC(=O)OCCCCCCCCCCCCCC.CCCCCCCCCCCCCCN. The summed E-state index contributed by atoms with van der Waals surface area (Å²) in [6, 6.07) is 0. The molecule has 0 amide bonds. The molecule has 0 aromatic rings. The van der Waals surface area contributed by atoms with E-state index < -0.39 is 0 Å². The molecular formula is C31H63NO2. The summed E-state index contributed by atoms with van der Waals surface area (Å²) < 4.78 is 4.93. The number of ether oxygens (including phenoxy) is 1. The van der Waals surface area contributed by atoms with E-state index >= 15 is 0 Å². The monoisotopic (exact) mass is 481 g/mol. The zero-order chi connectivity index (χ0) is 25.4. The lowest BCUT2D eigenvalue weighted by Gasteiger charge is -2.03. The highest BCUT2D eigenvalue weighted by molar-refractivity contribution is 5.81. The van der Waals surface area contributed by atoms with Crippen molar-refractivity contribution < 1.29 is 9.53 Å². The maximum Gasteiger partial charge on any atom is 0.330 e. The summed E-state index contributed by atoms with van der Waals surface area (Å²) in [5.74, 6) is -0.303. The van der Waals surface area contributed by atoms with Gasteiger partial charge >= 0.3 is 5.97 Å². The van der Waals surface area contributed by atoms with Crippen LogP contribution in [0.5, 0.6) is 0 Å². The van der Waals surface area contributed by atoms with Gasteiger partial charge in [-0.2, -0.15) is 0 Å². The molecule has 0 aromatic heterocycles. The van der Waals surface area contributed by atoms with Crippen molar-refractivity contribution in [2.45, 2.75) is 168 Å². The number of hydrogen-bond donors (Lipinski definition) is 1. The number of rotatable bonds is 26. The Labute approximate surface area is 215 Å². The highest BCUT2D eigenvalue weighted by atomic mass is 16.5. The predicted molar refractivity (Wildman–Crippen MR) is 152 cm³/mol. The lowest BCUT2D eigenvalue weighted by molar-refractivity contribution is -0.137. The Kier molecular flexibility index (Phi) is 35.7. The molecule has 204 valence electrons. The van der Waals surface area contributed by atoms with Gasteiger partial charge in [0.15, 0.2) is 0 Å². The number of carbonyl (C=O) groups excluding carboxylic acids is 1. The summed E-state index contributed by atoms with van der Waals surface area (Å²) in [6.45, 7) is 9.32. The first-order valence-electron chi connectivity index (χ1n) is 15.2. The second-order valence-electron chi connectivity index (χ2n) is 9.94. The fourth-order valence-electron chi connectivity index (χ4n) is 4.16. The van der Waals surface area contributed by atoms with E-state index in [2.05, 4.69) is 20.4 Å². The number of nitrogens with two attached hydrogens (primary N) is 1. The molecule has 2 N–H and O–H groups in total. The molecule has 0 aliphatic carbocycles. The van der Waals surface area contributed by atoms with E-state index in [1.165, 1.54) is 154 Å². The molecule has 0 bridgehead atoms. The van der Waals surface area contributed by atoms with Gasteiger partial charge in [0.05, 0.1) is 6.61 Å². The molecular weight excluding hydrogens is 418 g/mol. The molecule has 0 unspecified atom stereocenters. The second kappa shape index (κ2) is 34.3. The molecule has 0 saturated carbocycles. The van der Waals surface area contributed by atoms with Crippen LogP contribution in [0.4, 0.5) is 0 Å². The van der Waals surface area contributed by atoms with E-state index in [0.717, 1.165) is 13.0 Å². The zero-order valence-electron chi connectivity index (χ0n) is 23.6. The van der Waals surface area contributed by atoms with Crippen molar-refractivity contribution in [3.05, 3.63) is 12.7 Å². The van der Waals surface area contributed by atoms with Crippen LogP contribution in [-0.2, 0) is 9.53 Å². The highest BCUT2D eigenvalue weighted by Gasteiger charge is 1.96. The van der Waals surface area contributed by atoms with Crippen LogP contribution < -0.4 is 5.73 Å². The van der Waals surface area contributed by atoms with E-state index in [-0.39, 0.29) is 5.97 Å². The maximum absolute atomic E-state index is 10.8. The summed E-state index contributed by atoms with van der Waals surface area (Å²) in [5.41, 5.74) is 5.45. The quantitative estimate of drug-likeness (QED) is 0.0759. The molecule has 3 heteroatoms. The van der Waals surface area contributed by atoms with Gasteiger partial charge in [0.2, 0.25) is 0 Å². The van der Waals surface area contributed by atoms with Crippen molar-refractivity contribution in [3.8, 4) is 0 Å². The largest absolute Gasteiger partial charge is 0.463 e. The van der Waals surface area contributed by atoms with Crippen LogP contribution in [-0.4, -0.2) is 19.1 Å². The Bertz CT molecular complexity index is 372. The highest BCUT2D eigenvalue weighted by Crippen LogP contribution is 2.12. The molecule has 0 aromatic carbocycles. The fraction of sp³-hybridized carbons (Fsp3) is 0.903. The smallest absolute Gasteiger partial charge is 0.330 e. The summed E-state index contributed by atoms with van der Waals surface area (Å²) in [5, 5.41) is 0. The Hall–Kier alpha value is -0.830. The minimum atomic E-state index is -0.303. The number of hydrogen-bond acceptors (Lipinski definition) is 3. The van der Waals surface area contributed by atoms with Crippen LogP contribution in [0.15, 0.2) is 12.7 Å². The van der Waals surface area contributed by atoms with Gasteiger partial charge in [-0.05, 0) is 19.4 Å². The van der Waals surface area contributed by atoms with Crippen LogP contribution in [0.3, 0.4) is 0 Å². The van der Waals surface area contributed by atoms with E-state index in [9.17, 15) is 4.79 Å². The van der Waals surface area contributed by atoms with Gasteiger partial charge in [0, 0.05) is 6.08 Å². The first kappa shape index (κ1) is 35.3. The minimum Gasteiger partial charge on any atom is -0.463 e. The van der Waals surface area contributed by atoms with E-state index in [0.29, 0.717) is 6.61 Å². The number of carbonyl (C=O) groups is 1. The van der Waals surface area contributed by atoms with Crippen LogP contribution in [0.1, 0.15) is 168 Å². The Morgan fingerprint density at radius 1 is 0.559 bits per heavy atom. The van der Waals surface area contributed by atoms with Crippen molar-refractivity contribution in [1.82, 2.24) is 0 Å². The zero-order valence-corrected chi connectivity index (χ0v) is 23.6. The molecule has 0 spiro atoms. The Morgan fingerprint density at radius 2 is 0.853 bits per heavy atom. The van der Waals surface area contributed by atoms with Crippen LogP contribution >= 0.6 is 0 Å². The molecule has 3 nitrogen and oxygen atoms in total. The Balaban J connectivity index is 0. The normalized spacial score (nSPS) is 10.6. The van der Waals surface area contributed by atoms with Crippen molar-refractivity contribution in [3.63, 3.8) is 0 Å². The third-order valence-corrected chi connectivity index (χ3v) is 6.47. The standard InChI is InChI=1S/C17H32O2.C14H31N/c1-3-5-6-7-8-9-10-11-12-13-14-15-16-19-17(18)4-2;1-2-3-4-5-6-7-8-9-10-11-12-13-14-15/h4H,2-3,5-16H2,1H3;2-15H2,1H3. The van der Waals surface area contributed by atoms with Crippen LogP contribution in [0.25, 0.3) is 0 Å². The predicted octanol–water partition coefficient (Wildman–Crippen LogP) is 10.1. The van der Waals surface area contributed by atoms with Crippen molar-refractivity contribution in [2.75, 3.05) is 13.2 Å². The molecule has 0 fully saturated rings. The van der Waals surface area contributed by atoms with Crippen LogP contribution in [0, 0.1) is 0 Å². The summed E-state index contributed by atoms with van der Waals surface area (Å²) in [4.78, 5) is 10.8. The average molecular weight is 482 g/mol. The van der Waals surface area contributed by atoms with Gasteiger partial charge in [-0.3, -0.25) is 0 Å².